The molecule has 0 unspecified atom stereocenters. The van der Waals surface area contributed by atoms with Crippen molar-refractivity contribution in [3.63, 3.8) is 0 Å². The van der Waals surface area contributed by atoms with Crippen LogP contribution in [0.25, 0.3) is 0 Å². The van der Waals surface area contributed by atoms with Crippen LogP contribution in [0.2, 0.25) is 0 Å². The molecule has 3 aliphatic heterocycles. The molecule has 0 N–H and O–H groups in total. The molecule has 3 heterocycles. The number of imide groups is 3. The fourth-order valence-corrected chi connectivity index (χ4v) is 8.07. The summed E-state index contributed by atoms with van der Waals surface area (Å²) < 4.78 is 52.5. The Morgan fingerprint density at radius 1 is 0.562 bits per heavy atom. The van der Waals surface area contributed by atoms with Gasteiger partial charge in [-0.3, -0.25) is 43.5 Å². The van der Waals surface area contributed by atoms with E-state index in [-0.39, 0.29) is 56.0 Å². The van der Waals surface area contributed by atoms with Crippen LogP contribution < -0.4 is 0 Å². The average molecular weight is 878 g/mol. The first-order chi connectivity index (χ1) is 30.4. The van der Waals surface area contributed by atoms with E-state index in [1.807, 2.05) is 13.0 Å². The van der Waals surface area contributed by atoms with Crippen LogP contribution in [0.3, 0.4) is 0 Å². The molecule has 3 fully saturated rings. The van der Waals surface area contributed by atoms with Gasteiger partial charge in [-0.25, -0.2) is 4.39 Å². The molecule has 0 aromatic heterocycles. The molecule has 0 spiro atoms. The molecule has 3 aliphatic rings. The number of alkyl halides is 4. The third-order valence-electron chi connectivity index (χ3n) is 11.7. The molecule has 7 rings (SSSR count). The normalized spacial score (nSPS) is 21.6. The van der Waals surface area contributed by atoms with Gasteiger partial charge in [0.2, 0.25) is 11.8 Å². The molecule has 0 saturated carbocycles. The number of nitrogens with zero attached hydrogens (tertiary/aromatic N) is 3. The maximum atomic E-state index is 14.2. The molecule has 3 saturated heterocycles. The Bertz CT molecular complexity index is 2260. The minimum absolute atomic E-state index is 0.0381. The molecular weight excluding hydrogens is 827 g/mol. The van der Waals surface area contributed by atoms with Gasteiger partial charge in [0.1, 0.15) is 0 Å². The highest BCUT2D eigenvalue weighted by molar-refractivity contribution is 6.09. The first-order valence-electron chi connectivity index (χ1n) is 20.9. The van der Waals surface area contributed by atoms with Gasteiger partial charge in [0, 0.05) is 49.2 Å². The van der Waals surface area contributed by atoms with Gasteiger partial charge in [-0.05, 0) is 86.2 Å². The maximum absolute atomic E-state index is 14.2. The van der Waals surface area contributed by atoms with Gasteiger partial charge >= 0.3 is 6.18 Å². The molecule has 13 heteroatoms. The number of carbonyl (C=O) groups excluding carboxylic acids is 6. The Morgan fingerprint density at radius 3 is 1.41 bits per heavy atom. The van der Waals surface area contributed by atoms with Gasteiger partial charge in [0.25, 0.3) is 23.6 Å². The van der Waals surface area contributed by atoms with Crippen molar-refractivity contribution in [2.45, 2.75) is 63.7 Å². The van der Waals surface area contributed by atoms with Crippen LogP contribution in [0.5, 0.6) is 0 Å². The highest BCUT2D eigenvalue weighted by Crippen LogP contribution is 2.41. The number of rotatable bonds is 11. The smallest absolute Gasteiger partial charge is 0.278 e. The van der Waals surface area contributed by atoms with E-state index in [0.717, 1.165) is 17.0 Å². The number of amides is 6. The van der Waals surface area contributed by atoms with Gasteiger partial charge in [0.15, 0.2) is 5.67 Å². The standard InChI is InChI=1S/C22H20F3NO2.C15H17NO2.C14H14FNO2/c1-2-12-21(15-16-8-10-18(11-9-16)22(23,24)25)13-14-26(20(21)28)19(27)17-6-4-3-5-7-17;1-3-9-15(2)10-11-16(14(15)18)13(17)12-7-5-4-6-8-12;1-2-8-14(15)9-10-16(13(14)18)12(17)11-6-4-3-5-7-11/h2-11H,1,12-15H2;3-8H,1,9-11H2,2H3;2-7H,1,8-10H2/t21-;15-;14-/m110/s1. The molecular formula is C51H51F4N3O6. The number of benzene rings is 4. The van der Waals surface area contributed by atoms with Gasteiger partial charge in [-0.1, -0.05) is 91.9 Å². The first-order valence-corrected chi connectivity index (χ1v) is 20.9. The van der Waals surface area contributed by atoms with Crippen molar-refractivity contribution >= 4 is 35.4 Å². The molecule has 64 heavy (non-hydrogen) atoms. The van der Waals surface area contributed by atoms with Gasteiger partial charge in [0.05, 0.1) is 16.4 Å². The number of hydrogen-bond donors (Lipinski definition) is 0. The zero-order chi connectivity index (χ0) is 46.7. The second-order valence-corrected chi connectivity index (χ2v) is 16.3. The van der Waals surface area contributed by atoms with Crippen molar-refractivity contribution in [3.8, 4) is 0 Å². The van der Waals surface area contributed by atoms with E-state index >= 15 is 0 Å². The molecule has 0 radical (unpaired) electrons. The van der Waals surface area contributed by atoms with Crippen molar-refractivity contribution in [2.24, 2.45) is 10.8 Å². The Kier molecular flexibility index (Phi) is 15.5. The Labute approximate surface area is 370 Å². The van der Waals surface area contributed by atoms with Crippen molar-refractivity contribution in [1.29, 1.82) is 0 Å². The average Bonchev–Trinajstić information content (AvgIpc) is 3.89. The summed E-state index contributed by atoms with van der Waals surface area (Å²) in [7, 11) is 0. The lowest BCUT2D eigenvalue weighted by atomic mass is 9.77. The lowest BCUT2D eigenvalue weighted by molar-refractivity contribution is -0.138. The monoisotopic (exact) mass is 877 g/mol. The predicted octanol–water partition coefficient (Wildman–Crippen LogP) is 9.87. The SMILES string of the molecule is C=CC[C@]1(C)CCN(C(=O)c2ccccc2)C1=O.C=CC[C@]1(Cc2ccc(C(F)(F)F)cc2)CCN(C(=O)c2ccccc2)C1=O.C=CC[C@]1(F)CCN(C(=O)c2ccccc2)C1=O. The highest BCUT2D eigenvalue weighted by Gasteiger charge is 2.50. The van der Waals surface area contributed by atoms with Crippen LogP contribution in [-0.4, -0.2) is 75.4 Å². The third kappa shape index (κ3) is 10.9. The van der Waals surface area contributed by atoms with E-state index in [1.54, 1.807) is 97.1 Å². The van der Waals surface area contributed by atoms with E-state index in [9.17, 15) is 46.3 Å². The van der Waals surface area contributed by atoms with Crippen LogP contribution in [0.4, 0.5) is 17.6 Å². The number of allylic oxidation sites excluding steroid dienone is 3. The topological polar surface area (TPSA) is 112 Å². The molecule has 334 valence electrons. The van der Waals surface area contributed by atoms with Crippen molar-refractivity contribution in [2.75, 3.05) is 19.6 Å². The summed E-state index contributed by atoms with van der Waals surface area (Å²) in [4.78, 5) is 77.9. The second-order valence-electron chi connectivity index (χ2n) is 16.3. The number of carbonyl (C=O) groups is 6. The van der Waals surface area contributed by atoms with Crippen molar-refractivity contribution in [1.82, 2.24) is 14.7 Å². The van der Waals surface area contributed by atoms with E-state index in [4.69, 9.17) is 0 Å². The molecule has 6 amide bonds. The maximum Gasteiger partial charge on any atom is 0.416 e. The molecule has 0 bridgehead atoms. The van der Waals surface area contributed by atoms with Crippen LogP contribution in [0, 0.1) is 10.8 Å². The predicted molar refractivity (Wildman–Crippen MR) is 235 cm³/mol. The van der Waals surface area contributed by atoms with E-state index in [0.29, 0.717) is 54.5 Å². The van der Waals surface area contributed by atoms with Crippen LogP contribution in [0.1, 0.15) is 87.6 Å². The summed E-state index contributed by atoms with van der Waals surface area (Å²) in [6.07, 6.45) is 2.69. The number of likely N-dealkylation sites (tertiary alicyclic amines) is 3. The molecule has 0 aliphatic carbocycles. The van der Waals surface area contributed by atoms with Gasteiger partial charge in [-0.2, -0.15) is 13.2 Å². The van der Waals surface area contributed by atoms with Crippen LogP contribution in [0.15, 0.2) is 153 Å². The lowest BCUT2D eigenvalue weighted by Crippen LogP contribution is -2.39. The summed E-state index contributed by atoms with van der Waals surface area (Å²) in [6.45, 7) is 13.6. The lowest BCUT2D eigenvalue weighted by Gasteiger charge is -2.26. The van der Waals surface area contributed by atoms with E-state index < -0.39 is 40.1 Å². The minimum Gasteiger partial charge on any atom is -0.278 e. The van der Waals surface area contributed by atoms with Gasteiger partial charge < -0.3 is 0 Å². The zero-order valence-electron chi connectivity index (χ0n) is 35.7. The molecule has 4 aromatic carbocycles. The second kappa shape index (κ2) is 20.6. The molecule has 3 atom stereocenters. The number of hydrogen-bond acceptors (Lipinski definition) is 6. The van der Waals surface area contributed by atoms with Crippen LogP contribution in [-0.2, 0) is 27.0 Å². The summed E-state index contributed by atoms with van der Waals surface area (Å²) in [5, 5.41) is 0. The van der Waals surface area contributed by atoms with E-state index in [2.05, 4.69) is 19.7 Å². The van der Waals surface area contributed by atoms with Gasteiger partial charge in [-0.15, -0.1) is 19.7 Å². The first kappa shape index (κ1) is 48.3. The Morgan fingerprint density at radius 2 is 0.969 bits per heavy atom. The summed E-state index contributed by atoms with van der Waals surface area (Å²) in [6, 6.07) is 30.7. The van der Waals surface area contributed by atoms with E-state index in [1.165, 1.54) is 28.0 Å². The zero-order valence-corrected chi connectivity index (χ0v) is 35.7. The van der Waals surface area contributed by atoms with Crippen molar-refractivity contribution in [3.05, 3.63) is 181 Å². The summed E-state index contributed by atoms with van der Waals surface area (Å²) in [5.41, 5.74) is -2.02. The van der Waals surface area contributed by atoms with Crippen LogP contribution >= 0.6 is 0 Å². The summed E-state index contributed by atoms with van der Waals surface area (Å²) in [5.74, 6) is -2.14. The largest absolute Gasteiger partial charge is 0.416 e. The third-order valence-corrected chi connectivity index (χ3v) is 11.7. The molecule has 9 nitrogen and oxygen atoms in total. The molecule has 4 aromatic rings. The van der Waals surface area contributed by atoms with Crippen molar-refractivity contribution < 1.29 is 46.3 Å². The Balaban J connectivity index is 0.000000188. The fourth-order valence-electron chi connectivity index (χ4n) is 8.07. The summed E-state index contributed by atoms with van der Waals surface area (Å²) >= 11 is 0. The minimum atomic E-state index is -4.40. The fraction of sp³-hybridized carbons (Fsp3) is 0.294. The number of halogens is 4. The Hall–Kier alpha value is -6.76. The highest BCUT2D eigenvalue weighted by atomic mass is 19.4. The quantitative estimate of drug-likeness (QED) is 0.0843.